The Morgan fingerprint density at radius 3 is 2.19 bits per heavy atom. The number of carboxylic acids is 1. The second-order valence-electron chi connectivity index (χ2n) is 5.39. The van der Waals surface area contributed by atoms with Gasteiger partial charge >= 0.3 is 5.97 Å². The maximum Gasteiger partial charge on any atom is 0.320 e. The third-order valence-electron chi connectivity index (χ3n) is 4.12. The lowest BCUT2D eigenvalue weighted by Crippen LogP contribution is -2.53. The van der Waals surface area contributed by atoms with Crippen LogP contribution in [0, 0.1) is 0 Å². The Balaban J connectivity index is 1.95. The molecule has 0 bridgehead atoms. The zero-order valence-electron chi connectivity index (χ0n) is 12.6. The zero-order chi connectivity index (χ0) is 15.4. The van der Waals surface area contributed by atoms with E-state index in [0.29, 0.717) is 31.7 Å². The van der Waals surface area contributed by atoms with Crippen molar-refractivity contribution in [2.45, 2.75) is 26.3 Å². The molecule has 1 atom stereocenters. The van der Waals surface area contributed by atoms with Crippen LogP contribution in [0.2, 0.25) is 0 Å². The molecule has 5 heteroatoms. The number of carboxylic acid groups (broad SMARTS) is 1. The van der Waals surface area contributed by atoms with Crippen LogP contribution >= 0.6 is 0 Å². The summed E-state index contributed by atoms with van der Waals surface area (Å²) in [5.74, 6) is -0.787. The number of aryl methyl sites for hydroxylation is 1. The molecule has 1 aliphatic heterocycles. The molecule has 1 fully saturated rings. The largest absolute Gasteiger partial charge is 0.480 e. The van der Waals surface area contributed by atoms with E-state index in [1.807, 2.05) is 29.2 Å². The van der Waals surface area contributed by atoms with Crippen molar-refractivity contribution < 1.29 is 14.7 Å². The number of amides is 1. The van der Waals surface area contributed by atoms with E-state index < -0.39 is 12.0 Å². The number of hydrogen-bond donors (Lipinski definition) is 1. The van der Waals surface area contributed by atoms with Crippen LogP contribution < -0.4 is 0 Å². The van der Waals surface area contributed by atoms with Gasteiger partial charge in [-0.1, -0.05) is 19.1 Å². The molecule has 0 aromatic heterocycles. The first-order chi connectivity index (χ1) is 10.0. The second-order valence-corrected chi connectivity index (χ2v) is 5.39. The molecule has 0 unspecified atom stereocenters. The lowest BCUT2D eigenvalue weighted by Gasteiger charge is -2.36. The number of piperazine rings is 1. The summed E-state index contributed by atoms with van der Waals surface area (Å²) in [5, 5.41) is 9.01. The van der Waals surface area contributed by atoms with Gasteiger partial charge in [0.2, 0.25) is 0 Å². The van der Waals surface area contributed by atoms with Crippen molar-refractivity contribution in [3.05, 3.63) is 35.4 Å². The summed E-state index contributed by atoms with van der Waals surface area (Å²) in [6.07, 6.45) is 0.959. The van der Waals surface area contributed by atoms with Crippen LogP contribution in [-0.4, -0.2) is 59.0 Å². The third kappa shape index (κ3) is 3.61. The lowest BCUT2D eigenvalue weighted by atomic mass is 10.1. The number of nitrogens with zero attached hydrogens (tertiary/aromatic N) is 2. The van der Waals surface area contributed by atoms with E-state index in [1.54, 1.807) is 11.8 Å². The summed E-state index contributed by atoms with van der Waals surface area (Å²) in [4.78, 5) is 27.1. The first-order valence-corrected chi connectivity index (χ1v) is 7.38. The molecule has 1 aliphatic rings. The highest BCUT2D eigenvalue weighted by Crippen LogP contribution is 2.12. The Bertz CT molecular complexity index is 505. The standard InChI is InChI=1S/C16H22N2O3/c1-3-13-4-6-14(7-5-13)15(19)18-10-8-17(9-11-18)12(2)16(20)21/h4-7,12H,3,8-11H2,1-2H3,(H,20,21)/t12-/m0/s1. The highest BCUT2D eigenvalue weighted by Gasteiger charge is 2.27. The maximum atomic E-state index is 12.4. The first-order valence-electron chi connectivity index (χ1n) is 7.38. The number of carbonyl (C=O) groups excluding carboxylic acids is 1. The van der Waals surface area contributed by atoms with Crippen molar-refractivity contribution in [3.63, 3.8) is 0 Å². The molecule has 1 aromatic carbocycles. The molecule has 21 heavy (non-hydrogen) atoms. The highest BCUT2D eigenvalue weighted by atomic mass is 16.4. The van der Waals surface area contributed by atoms with E-state index in [2.05, 4.69) is 6.92 Å². The molecule has 1 heterocycles. The molecule has 0 aliphatic carbocycles. The summed E-state index contributed by atoms with van der Waals surface area (Å²) >= 11 is 0. The molecule has 1 saturated heterocycles. The Morgan fingerprint density at radius 2 is 1.71 bits per heavy atom. The van der Waals surface area contributed by atoms with Crippen molar-refractivity contribution in [2.24, 2.45) is 0 Å². The molecule has 1 amide bonds. The third-order valence-corrected chi connectivity index (χ3v) is 4.12. The van der Waals surface area contributed by atoms with Crippen molar-refractivity contribution >= 4 is 11.9 Å². The fraction of sp³-hybridized carbons (Fsp3) is 0.500. The predicted octanol–water partition coefficient (Wildman–Crippen LogP) is 1.48. The topological polar surface area (TPSA) is 60.9 Å². The first kappa shape index (κ1) is 15.5. The van der Waals surface area contributed by atoms with Gasteiger partial charge in [0.25, 0.3) is 5.91 Å². The van der Waals surface area contributed by atoms with Gasteiger partial charge in [-0.2, -0.15) is 0 Å². The molecule has 0 spiro atoms. The molecule has 0 radical (unpaired) electrons. The van der Waals surface area contributed by atoms with E-state index in [9.17, 15) is 9.59 Å². The van der Waals surface area contributed by atoms with Crippen LogP contribution in [0.15, 0.2) is 24.3 Å². The van der Waals surface area contributed by atoms with E-state index in [-0.39, 0.29) is 5.91 Å². The Kier molecular flexibility index (Phi) is 4.96. The van der Waals surface area contributed by atoms with Crippen molar-refractivity contribution in [3.8, 4) is 0 Å². The molecule has 5 nitrogen and oxygen atoms in total. The number of hydrogen-bond acceptors (Lipinski definition) is 3. The molecule has 1 N–H and O–H groups in total. The average Bonchev–Trinajstić information content (AvgIpc) is 2.53. The summed E-state index contributed by atoms with van der Waals surface area (Å²) in [5.41, 5.74) is 1.92. The van der Waals surface area contributed by atoms with E-state index in [1.165, 1.54) is 5.56 Å². The van der Waals surface area contributed by atoms with Crippen molar-refractivity contribution in [1.29, 1.82) is 0 Å². The number of carbonyl (C=O) groups is 2. The monoisotopic (exact) mass is 290 g/mol. The summed E-state index contributed by atoms with van der Waals surface area (Å²) in [7, 11) is 0. The van der Waals surface area contributed by atoms with Crippen LogP contribution in [0.5, 0.6) is 0 Å². The van der Waals surface area contributed by atoms with Crippen LogP contribution in [0.25, 0.3) is 0 Å². The van der Waals surface area contributed by atoms with Gasteiger partial charge in [0.15, 0.2) is 0 Å². The van der Waals surface area contributed by atoms with E-state index in [0.717, 1.165) is 6.42 Å². The van der Waals surface area contributed by atoms with Crippen LogP contribution in [0.4, 0.5) is 0 Å². The fourth-order valence-electron chi connectivity index (χ4n) is 2.53. The van der Waals surface area contributed by atoms with Gasteiger partial charge in [0.05, 0.1) is 0 Å². The van der Waals surface area contributed by atoms with Gasteiger partial charge in [-0.3, -0.25) is 14.5 Å². The Morgan fingerprint density at radius 1 is 1.14 bits per heavy atom. The minimum absolute atomic E-state index is 0.0280. The molecule has 114 valence electrons. The lowest BCUT2D eigenvalue weighted by molar-refractivity contribution is -0.143. The number of benzene rings is 1. The minimum Gasteiger partial charge on any atom is -0.480 e. The predicted molar refractivity (Wildman–Crippen MR) is 80.4 cm³/mol. The maximum absolute atomic E-state index is 12.4. The van der Waals surface area contributed by atoms with Crippen molar-refractivity contribution in [2.75, 3.05) is 26.2 Å². The van der Waals surface area contributed by atoms with Gasteiger partial charge in [-0.25, -0.2) is 0 Å². The fourth-order valence-corrected chi connectivity index (χ4v) is 2.53. The minimum atomic E-state index is -0.815. The van der Waals surface area contributed by atoms with Gasteiger partial charge in [0.1, 0.15) is 6.04 Å². The Hall–Kier alpha value is -1.88. The number of rotatable bonds is 4. The SMILES string of the molecule is CCc1ccc(C(=O)N2CCN([C@@H](C)C(=O)O)CC2)cc1. The van der Waals surface area contributed by atoms with E-state index >= 15 is 0 Å². The normalized spacial score (nSPS) is 17.5. The summed E-state index contributed by atoms with van der Waals surface area (Å²) < 4.78 is 0. The molecule has 2 rings (SSSR count). The summed E-state index contributed by atoms with van der Waals surface area (Å²) in [6.45, 7) is 6.12. The zero-order valence-corrected chi connectivity index (χ0v) is 12.6. The quantitative estimate of drug-likeness (QED) is 0.912. The average molecular weight is 290 g/mol. The van der Waals surface area contributed by atoms with Crippen LogP contribution in [0.3, 0.4) is 0 Å². The van der Waals surface area contributed by atoms with Crippen molar-refractivity contribution in [1.82, 2.24) is 9.80 Å². The van der Waals surface area contributed by atoms with E-state index in [4.69, 9.17) is 5.11 Å². The van der Waals surface area contributed by atoms with Gasteiger partial charge in [-0.15, -0.1) is 0 Å². The molecular weight excluding hydrogens is 268 g/mol. The summed E-state index contributed by atoms with van der Waals surface area (Å²) in [6, 6.07) is 7.21. The van der Waals surface area contributed by atoms with Gasteiger partial charge < -0.3 is 10.0 Å². The molecular formula is C16H22N2O3. The second kappa shape index (κ2) is 6.72. The number of aliphatic carboxylic acids is 1. The Labute approximate surface area is 125 Å². The highest BCUT2D eigenvalue weighted by molar-refractivity contribution is 5.94. The molecule has 1 aromatic rings. The molecule has 0 saturated carbocycles. The smallest absolute Gasteiger partial charge is 0.320 e. The van der Waals surface area contributed by atoms with Gasteiger partial charge in [0, 0.05) is 31.7 Å². The van der Waals surface area contributed by atoms with Crippen LogP contribution in [0.1, 0.15) is 29.8 Å². The van der Waals surface area contributed by atoms with Crippen LogP contribution in [-0.2, 0) is 11.2 Å². The van der Waals surface area contributed by atoms with Gasteiger partial charge in [-0.05, 0) is 31.0 Å².